The van der Waals surface area contributed by atoms with Crippen molar-refractivity contribution in [1.29, 1.82) is 0 Å². The monoisotopic (exact) mass is 557 g/mol. The van der Waals surface area contributed by atoms with Gasteiger partial charge in [-0.15, -0.1) is 0 Å². The summed E-state index contributed by atoms with van der Waals surface area (Å²) >= 11 is 0. The summed E-state index contributed by atoms with van der Waals surface area (Å²) in [5, 5.41) is 15.9. The zero-order chi connectivity index (χ0) is 28.7. The summed E-state index contributed by atoms with van der Waals surface area (Å²) in [6.45, 7) is 7.56. The lowest BCUT2D eigenvalue weighted by molar-refractivity contribution is 0.173. The number of nitrogens with one attached hydrogen (secondary N) is 2. The minimum Gasteiger partial charge on any atom is -0.365 e. The lowest BCUT2D eigenvalue weighted by atomic mass is 10.0. The second kappa shape index (κ2) is 10.3. The van der Waals surface area contributed by atoms with Crippen molar-refractivity contribution in [3.63, 3.8) is 0 Å². The van der Waals surface area contributed by atoms with Crippen molar-refractivity contribution in [1.82, 2.24) is 39.6 Å². The summed E-state index contributed by atoms with van der Waals surface area (Å²) in [5.41, 5.74) is 4.62. The average molecular weight is 558 g/mol. The van der Waals surface area contributed by atoms with Crippen molar-refractivity contribution >= 4 is 17.5 Å². The molecule has 0 fully saturated rings. The van der Waals surface area contributed by atoms with Crippen LogP contribution in [0.4, 0.5) is 19.4 Å². The van der Waals surface area contributed by atoms with Gasteiger partial charge in [0.05, 0.1) is 36.2 Å². The van der Waals surface area contributed by atoms with Crippen molar-refractivity contribution in [3.8, 4) is 22.5 Å². The molecule has 5 heterocycles. The topological polar surface area (TPSA) is 105 Å². The number of amides is 2. The van der Waals surface area contributed by atoms with Crippen molar-refractivity contribution in [2.75, 3.05) is 11.9 Å². The third-order valence-electron chi connectivity index (χ3n) is 6.71. The van der Waals surface area contributed by atoms with Gasteiger partial charge in [0, 0.05) is 30.4 Å². The van der Waals surface area contributed by atoms with E-state index in [0.717, 1.165) is 22.4 Å². The highest BCUT2D eigenvalue weighted by Gasteiger charge is 2.30. The van der Waals surface area contributed by atoms with Gasteiger partial charge in [-0.05, 0) is 74.9 Å². The van der Waals surface area contributed by atoms with E-state index in [-0.39, 0.29) is 17.4 Å². The van der Waals surface area contributed by atoms with E-state index in [1.165, 1.54) is 24.4 Å². The number of hydrogen-bond donors (Lipinski definition) is 2. The van der Waals surface area contributed by atoms with Gasteiger partial charge in [0.25, 0.3) is 0 Å². The molecule has 1 aliphatic rings. The first-order chi connectivity index (χ1) is 19.6. The number of aromatic nitrogens is 6. The van der Waals surface area contributed by atoms with Gasteiger partial charge < -0.3 is 15.5 Å². The maximum atomic E-state index is 13.8. The van der Waals surface area contributed by atoms with Crippen molar-refractivity contribution in [2.45, 2.75) is 45.9 Å². The average Bonchev–Trinajstić information content (AvgIpc) is 3.51. The molecule has 2 N–H and O–H groups in total. The summed E-state index contributed by atoms with van der Waals surface area (Å²) in [5.74, 6) is -0.300. The van der Waals surface area contributed by atoms with Crippen LogP contribution in [0.1, 0.15) is 32.0 Å². The Bertz CT molecular complexity index is 1740. The Balaban J connectivity index is 1.36. The van der Waals surface area contributed by atoms with Crippen LogP contribution in [0.15, 0.2) is 60.9 Å². The van der Waals surface area contributed by atoms with Crippen LogP contribution in [-0.2, 0) is 19.6 Å². The fraction of sp³-hybridized carbons (Fsp3) is 0.276. The van der Waals surface area contributed by atoms with Gasteiger partial charge in [0.2, 0.25) is 5.95 Å². The smallest absolute Gasteiger partial charge is 0.318 e. The fourth-order valence-corrected chi connectivity index (χ4v) is 4.82. The van der Waals surface area contributed by atoms with Gasteiger partial charge in [-0.3, -0.25) is 4.68 Å². The SMILES string of the molecule is CC(C)(C)NC(=O)N1CCn2nc(-c3ccc(F)cc3)c(-c3ccc4nc(NCc5ccnc(F)c5)cn4n3)c2C1. The third kappa shape index (κ3) is 5.58. The summed E-state index contributed by atoms with van der Waals surface area (Å²) in [4.78, 5) is 23.0. The molecule has 0 aliphatic carbocycles. The second-order valence-corrected chi connectivity index (χ2v) is 11.0. The molecule has 1 aromatic carbocycles. The summed E-state index contributed by atoms with van der Waals surface area (Å²) in [7, 11) is 0. The number of carbonyl (C=O) groups excluding carboxylic acids is 1. The summed E-state index contributed by atoms with van der Waals surface area (Å²) < 4.78 is 30.8. The predicted molar refractivity (Wildman–Crippen MR) is 150 cm³/mol. The molecule has 1 aliphatic heterocycles. The molecule has 4 aromatic heterocycles. The van der Waals surface area contributed by atoms with Crippen molar-refractivity contribution in [2.24, 2.45) is 0 Å². The maximum Gasteiger partial charge on any atom is 0.318 e. The molecule has 41 heavy (non-hydrogen) atoms. The maximum absolute atomic E-state index is 13.8. The number of anilines is 1. The Morgan fingerprint density at radius 2 is 1.83 bits per heavy atom. The predicted octanol–water partition coefficient (Wildman–Crippen LogP) is 4.87. The van der Waals surface area contributed by atoms with Gasteiger partial charge in [-0.25, -0.2) is 23.7 Å². The van der Waals surface area contributed by atoms with Crippen LogP contribution in [0, 0.1) is 11.8 Å². The van der Waals surface area contributed by atoms with E-state index in [0.29, 0.717) is 49.0 Å². The number of pyridine rings is 1. The Kier molecular flexibility index (Phi) is 6.60. The zero-order valence-corrected chi connectivity index (χ0v) is 22.9. The Morgan fingerprint density at radius 1 is 1.02 bits per heavy atom. The van der Waals surface area contributed by atoms with Crippen LogP contribution in [0.25, 0.3) is 28.2 Å². The van der Waals surface area contributed by atoms with E-state index in [1.54, 1.807) is 33.8 Å². The molecule has 10 nitrogen and oxygen atoms in total. The summed E-state index contributed by atoms with van der Waals surface area (Å²) in [6, 6.07) is 12.8. The number of carbonyl (C=O) groups is 1. The van der Waals surface area contributed by atoms with E-state index in [4.69, 9.17) is 10.2 Å². The van der Waals surface area contributed by atoms with Crippen molar-refractivity contribution in [3.05, 3.63) is 83.9 Å². The number of fused-ring (bicyclic) bond motifs is 2. The normalized spacial score (nSPS) is 13.3. The van der Waals surface area contributed by atoms with E-state index in [2.05, 4.69) is 20.6 Å². The molecule has 0 unspecified atom stereocenters. The highest BCUT2D eigenvalue weighted by Crippen LogP contribution is 2.36. The number of nitrogens with zero attached hydrogens (tertiary/aromatic N) is 7. The van der Waals surface area contributed by atoms with Gasteiger partial charge in [-0.1, -0.05) is 0 Å². The lowest BCUT2D eigenvalue weighted by Crippen LogP contribution is -2.50. The molecular weight excluding hydrogens is 528 g/mol. The van der Waals surface area contributed by atoms with Crippen LogP contribution >= 0.6 is 0 Å². The third-order valence-corrected chi connectivity index (χ3v) is 6.71. The van der Waals surface area contributed by atoms with Crippen LogP contribution in [0.5, 0.6) is 0 Å². The van der Waals surface area contributed by atoms with E-state index in [9.17, 15) is 13.6 Å². The molecule has 0 saturated heterocycles. The molecule has 210 valence electrons. The van der Waals surface area contributed by atoms with Gasteiger partial charge in [0.15, 0.2) is 5.65 Å². The first-order valence-electron chi connectivity index (χ1n) is 13.3. The van der Waals surface area contributed by atoms with Crippen LogP contribution in [-0.4, -0.2) is 52.4 Å². The largest absolute Gasteiger partial charge is 0.365 e. The fourth-order valence-electron chi connectivity index (χ4n) is 4.82. The molecule has 12 heteroatoms. The van der Waals surface area contributed by atoms with E-state index < -0.39 is 5.95 Å². The van der Waals surface area contributed by atoms with Gasteiger partial charge in [0.1, 0.15) is 17.3 Å². The van der Waals surface area contributed by atoms with E-state index >= 15 is 0 Å². The Morgan fingerprint density at radius 3 is 2.59 bits per heavy atom. The molecular formula is C29H29F2N9O. The molecule has 2 amide bonds. The Labute approximate surface area is 235 Å². The number of rotatable bonds is 5. The van der Waals surface area contributed by atoms with Crippen LogP contribution in [0.2, 0.25) is 0 Å². The minimum atomic E-state index is -0.540. The number of imidazole rings is 1. The van der Waals surface area contributed by atoms with Crippen molar-refractivity contribution < 1.29 is 13.6 Å². The molecule has 0 spiro atoms. The molecule has 0 radical (unpaired) electrons. The first-order valence-corrected chi connectivity index (χ1v) is 13.3. The van der Waals surface area contributed by atoms with Gasteiger partial charge >= 0.3 is 6.03 Å². The lowest BCUT2D eigenvalue weighted by Gasteiger charge is -2.31. The Hall–Kier alpha value is -4.87. The highest BCUT2D eigenvalue weighted by atomic mass is 19.1. The number of halogens is 2. The number of benzene rings is 1. The zero-order valence-electron chi connectivity index (χ0n) is 22.9. The number of hydrogen-bond acceptors (Lipinski definition) is 6. The quantitative estimate of drug-likeness (QED) is 0.299. The molecule has 0 atom stereocenters. The minimum absolute atomic E-state index is 0.151. The second-order valence-electron chi connectivity index (χ2n) is 11.0. The summed E-state index contributed by atoms with van der Waals surface area (Å²) in [6.07, 6.45) is 3.18. The van der Waals surface area contributed by atoms with Crippen LogP contribution < -0.4 is 10.6 Å². The first kappa shape index (κ1) is 26.4. The standard InChI is InChI=1S/C29H29F2N9O/c1-29(2,3)35-28(41)38-12-13-39-22(16-38)26(27(37-39)19-4-6-20(30)7-5-19)21-8-9-25-34-24(17-40(25)36-21)33-15-18-10-11-32-23(31)14-18/h4-11,14,17,33H,12-13,15-16H2,1-3H3,(H,35,41). The molecule has 0 bridgehead atoms. The van der Waals surface area contributed by atoms with Crippen LogP contribution in [0.3, 0.4) is 0 Å². The molecule has 0 saturated carbocycles. The molecule has 6 rings (SSSR count). The van der Waals surface area contributed by atoms with Gasteiger partial charge in [-0.2, -0.15) is 14.6 Å². The number of urea groups is 1. The molecule has 5 aromatic rings. The van der Waals surface area contributed by atoms with E-state index in [1.807, 2.05) is 37.6 Å². The highest BCUT2D eigenvalue weighted by molar-refractivity contribution is 5.82.